The Labute approximate surface area is 413 Å². The summed E-state index contributed by atoms with van der Waals surface area (Å²) in [4.78, 5) is 15.1. The van der Waals surface area contributed by atoms with Gasteiger partial charge in [0.2, 0.25) is 6.79 Å². The second-order valence-electron chi connectivity index (χ2n) is 18.3. The van der Waals surface area contributed by atoms with Crippen LogP contribution in [0.25, 0.3) is 0 Å². The smallest absolute Gasteiger partial charge is 0.493 e. The number of aryl methyl sites for hydroxylation is 1. The molecule has 0 aliphatic carbocycles. The van der Waals surface area contributed by atoms with Gasteiger partial charge in [-0.3, -0.25) is 4.90 Å². The molecule has 2 aliphatic rings. The number of nitrogens with one attached hydrogen (secondary N) is 1. The number of fused-ring (bicyclic) bond motifs is 2. The van der Waals surface area contributed by atoms with E-state index < -0.39 is 90.0 Å². The van der Waals surface area contributed by atoms with Crippen molar-refractivity contribution in [2.75, 3.05) is 53.8 Å². The molecule has 384 valence electrons. The zero-order valence-electron chi connectivity index (χ0n) is 40.7. The van der Waals surface area contributed by atoms with Crippen LogP contribution in [0.1, 0.15) is 66.2 Å². The Bertz CT molecular complexity index is 2530. The van der Waals surface area contributed by atoms with Gasteiger partial charge in [0.05, 0.1) is 50.4 Å². The standard InChI is InChI=1S/C49H62ClF3N2O13SSi/c1-30-22-33-23-37(46(61-6)62-7)55(47(57)63-21-20-50)40(39(33)43(41(30)60-5)65-27-32-18-14-11-15-19-32)36(28-68-70(8,9)48(2,3)4)54-35(25-56)34-24-38(64-26-31-16-12-10-13-17-31)45(44-42(34)66-29-67-44)69(58,59)49(51,52)53/h10-19,22,24,35-37,40,46,54,56H,20-21,23,25-29H2,1-9H3/t35-,36-,37-,40-/m0/s1. The lowest BCUT2D eigenvalue weighted by molar-refractivity contribution is -0.153. The third-order valence-electron chi connectivity index (χ3n) is 12.8. The minimum Gasteiger partial charge on any atom is -0.493 e. The second kappa shape index (κ2) is 22.7. The predicted octanol–water partition coefficient (Wildman–Crippen LogP) is 9.16. The number of nitrogens with zero attached hydrogens (tertiary/aromatic N) is 1. The lowest BCUT2D eigenvalue weighted by atomic mass is 9.82. The average molecular weight is 1040 g/mol. The zero-order valence-corrected chi connectivity index (χ0v) is 43.3. The minimum atomic E-state index is -6.13. The monoisotopic (exact) mass is 1040 g/mol. The highest BCUT2D eigenvalue weighted by Crippen LogP contribution is 2.53. The molecule has 4 aromatic carbocycles. The number of aliphatic hydroxyl groups excluding tert-OH is 1. The van der Waals surface area contributed by atoms with Gasteiger partial charge in [-0.1, -0.05) is 87.5 Å². The molecule has 0 bridgehead atoms. The van der Waals surface area contributed by atoms with E-state index >= 15 is 0 Å². The summed E-state index contributed by atoms with van der Waals surface area (Å²) < 4.78 is 125. The number of amides is 1. The first kappa shape index (κ1) is 54.5. The molecule has 0 unspecified atom stereocenters. The van der Waals surface area contributed by atoms with Crippen LogP contribution in [0.2, 0.25) is 18.1 Å². The van der Waals surface area contributed by atoms with Crippen LogP contribution in [-0.2, 0) is 48.1 Å². The summed E-state index contributed by atoms with van der Waals surface area (Å²) in [5.74, 6) is -1.21. The summed E-state index contributed by atoms with van der Waals surface area (Å²) in [6.07, 6.45) is -1.69. The van der Waals surface area contributed by atoms with Crippen LogP contribution < -0.4 is 29.0 Å². The van der Waals surface area contributed by atoms with E-state index in [-0.39, 0.29) is 55.1 Å². The SMILES string of the molecule is COc1c(C)cc2c(c1OCc1ccccc1)[C@H]([C@H](CO[Si](C)(C)C(C)(C)C)N[C@@H](CO)c1cc(OCc3ccccc3)c(S(=O)(=O)C(F)(F)F)c3c1OCO3)N(C(=O)OCCCl)[C@H](C(OC)OC)C2. The fourth-order valence-electron chi connectivity index (χ4n) is 8.38. The largest absolute Gasteiger partial charge is 0.502 e. The third kappa shape index (κ3) is 11.6. The number of methoxy groups -OCH3 is 3. The number of rotatable bonds is 21. The number of benzene rings is 4. The van der Waals surface area contributed by atoms with Crippen LogP contribution in [0.4, 0.5) is 18.0 Å². The fourth-order valence-corrected chi connectivity index (χ4v) is 10.5. The Kier molecular flexibility index (Phi) is 17.7. The molecule has 4 aromatic rings. The van der Waals surface area contributed by atoms with Crippen molar-refractivity contribution < 1.29 is 73.8 Å². The number of carbonyl (C=O) groups is 1. The molecule has 2 N–H and O–H groups in total. The van der Waals surface area contributed by atoms with Gasteiger partial charge in [-0.05, 0) is 59.8 Å². The molecule has 2 heterocycles. The Balaban J connectivity index is 1.63. The molecule has 0 fully saturated rings. The number of sulfone groups is 1. The van der Waals surface area contributed by atoms with Crippen LogP contribution >= 0.6 is 11.6 Å². The van der Waals surface area contributed by atoms with E-state index in [1.54, 1.807) is 30.3 Å². The maximum atomic E-state index is 14.9. The Hall–Kier alpha value is -4.80. The quantitative estimate of drug-likeness (QED) is 0.0460. The first-order valence-corrected chi connectivity index (χ1v) is 27.5. The second-order valence-corrected chi connectivity index (χ2v) is 25.4. The number of ether oxygens (including phenoxy) is 8. The number of aliphatic hydroxyl groups is 1. The molecular weight excluding hydrogens is 977 g/mol. The van der Waals surface area contributed by atoms with Crippen molar-refractivity contribution in [1.82, 2.24) is 10.2 Å². The summed E-state index contributed by atoms with van der Waals surface area (Å²) in [6.45, 7) is 10.1. The van der Waals surface area contributed by atoms with Crippen LogP contribution in [0, 0.1) is 6.92 Å². The average Bonchev–Trinajstić information content (AvgIpc) is 3.81. The third-order valence-corrected chi connectivity index (χ3v) is 19.0. The minimum absolute atomic E-state index is 0.0194. The fraction of sp³-hybridized carbons (Fsp3) is 0.490. The van der Waals surface area contributed by atoms with E-state index in [1.807, 2.05) is 56.4 Å². The Morgan fingerprint density at radius 3 is 2.07 bits per heavy atom. The highest BCUT2D eigenvalue weighted by Gasteiger charge is 2.53. The number of carbonyl (C=O) groups excluding carboxylic acids is 1. The van der Waals surface area contributed by atoms with Gasteiger partial charge >= 0.3 is 11.6 Å². The lowest BCUT2D eigenvalue weighted by Crippen LogP contribution is -2.60. The van der Waals surface area contributed by atoms with Crippen molar-refractivity contribution in [2.45, 2.75) is 106 Å². The first-order valence-electron chi connectivity index (χ1n) is 22.5. The van der Waals surface area contributed by atoms with Crippen molar-refractivity contribution in [3.63, 3.8) is 0 Å². The molecular formula is C49H62ClF3N2O13SSi. The van der Waals surface area contributed by atoms with E-state index in [9.17, 15) is 31.5 Å². The molecule has 0 aromatic heterocycles. The summed E-state index contributed by atoms with van der Waals surface area (Å²) >= 11 is 6.11. The maximum absolute atomic E-state index is 14.9. The van der Waals surface area contributed by atoms with Crippen LogP contribution in [-0.4, -0.2) is 111 Å². The summed E-state index contributed by atoms with van der Waals surface area (Å²) in [7, 11) is -4.44. The van der Waals surface area contributed by atoms with E-state index in [4.69, 9.17) is 53.9 Å². The number of halogens is 4. The van der Waals surface area contributed by atoms with Crippen LogP contribution in [0.15, 0.2) is 77.7 Å². The topological polar surface area (TPSA) is 170 Å². The molecule has 0 saturated heterocycles. The molecule has 0 saturated carbocycles. The molecule has 0 spiro atoms. The van der Waals surface area contributed by atoms with E-state index in [0.717, 1.165) is 11.6 Å². The van der Waals surface area contributed by atoms with E-state index in [0.29, 0.717) is 33.8 Å². The lowest BCUT2D eigenvalue weighted by Gasteiger charge is -2.49. The number of alkyl halides is 4. The van der Waals surface area contributed by atoms with Crippen molar-refractivity contribution in [1.29, 1.82) is 0 Å². The molecule has 4 atom stereocenters. The van der Waals surface area contributed by atoms with Gasteiger partial charge < -0.3 is 52.7 Å². The van der Waals surface area contributed by atoms with Crippen LogP contribution in [0.5, 0.6) is 28.7 Å². The van der Waals surface area contributed by atoms with Crippen molar-refractivity contribution in [3.05, 3.63) is 106 Å². The van der Waals surface area contributed by atoms with Gasteiger partial charge in [0.15, 0.2) is 42.5 Å². The summed E-state index contributed by atoms with van der Waals surface area (Å²) in [6, 6.07) is 16.4. The van der Waals surface area contributed by atoms with Gasteiger partial charge in [-0.15, -0.1) is 11.6 Å². The first-order chi connectivity index (χ1) is 33.1. The molecule has 0 radical (unpaired) electrons. The zero-order chi connectivity index (χ0) is 51.2. The highest BCUT2D eigenvalue weighted by molar-refractivity contribution is 7.92. The molecule has 1 amide bonds. The van der Waals surface area contributed by atoms with Gasteiger partial charge in [0, 0.05) is 25.3 Å². The van der Waals surface area contributed by atoms with Crippen molar-refractivity contribution in [3.8, 4) is 28.7 Å². The highest BCUT2D eigenvalue weighted by atomic mass is 35.5. The molecule has 6 rings (SSSR count). The number of hydrogen-bond acceptors (Lipinski definition) is 14. The van der Waals surface area contributed by atoms with Gasteiger partial charge in [-0.25, -0.2) is 13.2 Å². The Morgan fingerprint density at radius 2 is 1.53 bits per heavy atom. The summed E-state index contributed by atoms with van der Waals surface area (Å²) in [5.41, 5.74) is -2.53. The van der Waals surface area contributed by atoms with Gasteiger partial charge in [-0.2, -0.15) is 13.2 Å². The Morgan fingerprint density at radius 1 is 0.929 bits per heavy atom. The van der Waals surface area contributed by atoms with E-state index in [2.05, 4.69) is 26.1 Å². The predicted molar refractivity (Wildman–Crippen MR) is 257 cm³/mol. The molecule has 2 aliphatic heterocycles. The molecule has 21 heteroatoms. The summed E-state index contributed by atoms with van der Waals surface area (Å²) in [5, 5.41) is 14.7. The maximum Gasteiger partial charge on any atom is 0.502 e. The van der Waals surface area contributed by atoms with Crippen molar-refractivity contribution in [2.24, 2.45) is 0 Å². The normalized spacial score (nSPS) is 17.0. The van der Waals surface area contributed by atoms with Crippen molar-refractivity contribution >= 4 is 35.8 Å². The van der Waals surface area contributed by atoms with Gasteiger partial charge in [0.25, 0.3) is 9.84 Å². The molecule has 15 nitrogen and oxygen atoms in total. The van der Waals surface area contributed by atoms with Gasteiger partial charge in [0.1, 0.15) is 25.6 Å². The molecule has 70 heavy (non-hydrogen) atoms. The van der Waals surface area contributed by atoms with E-state index in [1.165, 1.54) is 26.2 Å². The van der Waals surface area contributed by atoms with Crippen LogP contribution in [0.3, 0.4) is 0 Å². The number of hydrogen-bond donors (Lipinski definition) is 2.